The molecule has 1 aromatic heterocycles. The minimum absolute atomic E-state index is 0.0636. The van der Waals surface area contributed by atoms with Crippen LogP contribution in [0.3, 0.4) is 0 Å². The minimum Gasteiger partial charge on any atom is -0.396 e. The normalized spacial score (nSPS) is 10.1. The summed E-state index contributed by atoms with van der Waals surface area (Å²) in [4.78, 5) is 15.0. The van der Waals surface area contributed by atoms with Crippen LogP contribution < -0.4 is 5.32 Å². The number of hydrogen-bond donors (Lipinski definition) is 2. The second-order valence-corrected chi connectivity index (χ2v) is 3.44. The second-order valence-electron chi connectivity index (χ2n) is 3.44. The van der Waals surface area contributed by atoms with Crippen LogP contribution in [0.2, 0.25) is 0 Å². The molecule has 0 atom stereocenters. The number of amides is 1. The number of carbonyl (C=O) groups excluding carboxylic acids is 1. The van der Waals surface area contributed by atoms with E-state index in [-0.39, 0.29) is 12.5 Å². The Labute approximate surface area is 93.5 Å². The predicted molar refractivity (Wildman–Crippen MR) is 57.2 cm³/mol. The number of nitrogens with zero attached hydrogens (tertiary/aromatic N) is 1. The highest BCUT2D eigenvalue weighted by atomic mass is 19.1. The van der Waals surface area contributed by atoms with E-state index >= 15 is 0 Å². The van der Waals surface area contributed by atoms with Crippen molar-refractivity contribution in [2.45, 2.75) is 19.3 Å². The number of aliphatic hydroxyl groups is 1. The first-order chi connectivity index (χ1) is 7.72. The molecule has 0 aliphatic carbocycles. The average Bonchev–Trinajstić information content (AvgIpc) is 2.27. The van der Waals surface area contributed by atoms with E-state index in [1.807, 2.05) is 0 Å². The smallest absolute Gasteiger partial charge is 0.220 e. The molecule has 0 aliphatic heterocycles. The number of rotatable bonds is 6. The molecule has 1 heterocycles. The van der Waals surface area contributed by atoms with Gasteiger partial charge in [0.05, 0.1) is 6.20 Å². The van der Waals surface area contributed by atoms with Crippen LogP contribution >= 0.6 is 0 Å². The van der Waals surface area contributed by atoms with Crippen LogP contribution in [0.5, 0.6) is 0 Å². The molecular weight excluding hydrogens is 211 g/mol. The van der Waals surface area contributed by atoms with E-state index in [2.05, 4.69) is 10.3 Å². The molecule has 0 spiro atoms. The SMILES string of the molecule is O=C(CCc1cncc(F)c1)NCCCO. The number of aliphatic hydroxyl groups excluding tert-OH is 1. The molecule has 0 saturated heterocycles. The first-order valence-electron chi connectivity index (χ1n) is 5.19. The number of nitrogens with one attached hydrogen (secondary N) is 1. The maximum Gasteiger partial charge on any atom is 0.220 e. The molecule has 2 N–H and O–H groups in total. The standard InChI is InChI=1S/C11H15FN2O2/c12-10-6-9(7-13-8-10)2-3-11(16)14-4-1-5-15/h6-8,15H,1-5H2,(H,14,16). The van der Waals surface area contributed by atoms with Gasteiger partial charge in [-0.3, -0.25) is 9.78 Å². The van der Waals surface area contributed by atoms with Gasteiger partial charge in [0.25, 0.3) is 0 Å². The van der Waals surface area contributed by atoms with E-state index in [4.69, 9.17) is 5.11 Å². The van der Waals surface area contributed by atoms with Crippen LogP contribution in [-0.4, -0.2) is 29.1 Å². The zero-order valence-corrected chi connectivity index (χ0v) is 8.95. The summed E-state index contributed by atoms with van der Waals surface area (Å²) in [5.41, 5.74) is 0.706. The maximum atomic E-state index is 12.7. The summed E-state index contributed by atoms with van der Waals surface area (Å²) in [6, 6.07) is 1.37. The zero-order valence-electron chi connectivity index (χ0n) is 8.95. The van der Waals surface area contributed by atoms with Gasteiger partial charge in [-0.25, -0.2) is 4.39 Å². The number of aryl methyl sites for hydroxylation is 1. The van der Waals surface area contributed by atoms with Crippen molar-refractivity contribution in [2.75, 3.05) is 13.2 Å². The Morgan fingerprint density at radius 1 is 1.50 bits per heavy atom. The van der Waals surface area contributed by atoms with Crippen molar-refractivity contribution in [3.63, 3.8) is 0 Å². The molecule has 5 heteroatoms. The van der Waals surface area contributed by atoms with Crippen LogP contribution in [-0.2, 0) is 11.2 Å². The van der Waals surface area contributed by atoms with Gasteiger partial charge in [-0.05, 0) is 24.5 Å². The number of hydrogen-bond acceptors (Lipinski definition) is 3. The molecule has 4 nitrogen and oxygen atoms in total. The van der Waals surface area contributed by atoms with Crippen LogP contribution in [0.15, 0.2) is 18.5 Å². The number of pyridine rings is 1. The highest BCUT2D eigenvalue weighted by molar-refractivity contribution is 5.76. The van der Waals surface area contributed by atoms with Gasteiger partial charge in [-0.15, -0.1) is 0 Å². The van der Waals surface area contributed by atoms with Crippen LogP contribution in [0.1, 0.15) is 18.4 Å². The molecule has 0 bridgehead atoms. The van der Waals surface area contributed by atoms with Gasteiger partial charge in [0, 0.05) is 25.8 Å². The lowest BCUT2D eigenvalue weighted by atomic mass is 10.1. The van der Waals surface area contributed by atoms with E-state index < -0.39 is 5.82 Å². The lowest BCUT2D eigenvalue weighted by Crippen LogP contribution is -2.25. The van der Waals surface area contributed by atoms with E-state index in [9.17, 15) is 9.18 Å². The van der Waals surface area contributed by atoms with Gasteiger partial charge >= 0.3 is 0 Å². The summed E-state index contributed by atoms with van der Waals surface area (Å²) in [6.07, 6.45) is 3.99. The summed E-state index contributed by atoms with van der Waals surface area (Å²) >= 11 is 0. The third-order valence-corrected chi connectivity index (χ3v) is 2.06. The van der Waals surface area contributed by atoms with Gasteiger partial charge in [-0.1, -0.05) is 0 Å². The lowest BCUT2D eigenvalue weighted by molar-refractivity contribution is -0.121. The van der Waals surface area contributed by atoms with Crippen LogP contribution in [0.4, 0.5) is 4.39 Å². The van der Waals surface area contributed by atoms with Crippen LogP contribution in [0.25, 0.3) is 0 Å². The quantitative estimate of drug-likeness (QED) is 0.700. The van der Waals surface area contributed by atoms with E-state index in [0.29, 0.717) is 31.4 Å². The largest absolute Gasteiger partial charge is 0.396 e. The second kappa shape index (κ2) is 6.90. The van der Waals surface area contributed by atoms with E-state index in [1.165, 1.54) is 6.07 Å². The molecule has 0 fully saturated rings. The molecule has 88 valence electrons. The molecule has 0 aromatic carbocycles. The average molecular weight is 226 g/mol. The lowest BCUT2D eigenvalue weighted by Gasteiger charge is -2.03. The highest BCUT2D eigenvalue weighted by Gasteiger charge is 2.02. The van der Waals surface area contributed by atoms with Crippen LogP contribution in [0, 0.1) is 5.82 Å². The topological polar surface area (TPSA) is 62.2 Å². The summed E-state index contributed by atoms with van der Waals surface area (Å²) in [5.74, 6) is -0.490. The van der Waals surface area contributed by atoms with Gasteiger partial charge in [0.1, 0.15) is 5.82 Å². The molecular formula is C11H15FN2O2. The monoisotopic (exact) mass is 226 g/mol. The highest BCUT2D eigenvalue weighted by Crippen LogP contribution is 2.03. The summed E-state index contributed by atoms with van der Waals surface area (Å²) in [5, 5.41) is 11.2. The Kier molecular flexibility index (Phi) is 5.42. The number of carbonyl (C=O) groups is 1. The maximum absolute atomic E-state index is 12.7. The van der Waals surface area contributed by atoms with Crippen molar-refractivity contribution in [1.29, 1.82) is 0 Å². The van der Waals surface area contributed by atoms with Crippen molar-refractivity contribution < 1.29 is 14.3 Å². The Morgan fingerprint density at radius 2 is 2.31 bits per heavy atom. The number of halogens is 1. The molecule has 1 aromatic rings. The van der Waals surface area contributed by atoms with Gasteiger partial charge in [0.15, 0.2) is 0 Å². The van der Waals surface area contributed by atoms with Crippen molar-refractivity contribution in [3.05, 3.63) is 29.8 Å². The Hall–Kier alpha value is -1.49. The first-order valence-corrected chi connectivity index (χ1v) is 5.19. The molecule has 0 saturated carbocycles. The summed E-state index contributed by atoms with van der Waals surface area (Å²) in [7, 11) is 0. The Bertz CT molecular complexity index is 345. The van der Waals surface area contributed by atoms with Gasteiger partial charge in [0.2, 0.25) is 5.91 Å². The molecule has 1 amide bonds. The summed E-state index contributed by atoms with van der Waals surface area (Å²) in [6.45, 7) is 0.533. The van der Waals surface area contributed by atoms with Crippen molar-refractivity contribution in [1.82, 2.24) is 10.3 Å². The van der Waals surface area contributed by atoms with E-state index in [0.717, 1.165) is 6.20 Å². The molecule has 0 aliphatic rings. The zero-order chi connectivity index (χ0) is 11.8. The fourth-order valence-corrected chi connectivity index (χ4v) is 1.25. The minimum atomic E-state index is -0.391. The first kappa shape index (κ1) is 12.6. The van der Waals surface area contributed by atoms with Gasteiger partial charge in [-0.2, -0.15) is 0 Å². The fraction of sp³-hybridized carbons (Fsp3) is 0.455. The van der Waals surface area contributed by atoms with Gasteiger partial charge < -0.3 is 10.4 Å². The fourth-order valence-electron chi connectivity index (χ4n) is 1.25. The van der Waals surface area contributed by atoms with Crippen molar-refractivity contribution >= 4 is 5.91 Å². The number of aromatic nitrogens is 1. The predicted octanol–water partition coefficient (Wildman–Crippen LogP) is 0.652. The molecule has 0 radical (unpaired) electrons. The van der Waals surface area contributed by atoms with Crippen molar-refractivity contribution in [3.8, 4) is 0 Å². The van der Waals surface area contributed by atoms with Crippen molar-refractivity contribution in [2.24, 2.45) is 0 Å². The third-order valence-electron chi connectivity index (χ3n) is 2.06. The molecule has 16 heavy (non-hydrogen) atoms. The molecule has 1 rings (SSSR count). The van der Waals surface area contributed by atoms with E-state index in [1.54, 1.807) is 6.20 Å². The third kappa shape index (κ3) is 4.84. The summed E-state index contributed by atoms with van der Waals surface area (Å²) < 4.78 is 12.7. The Morgan fingerprint density at radius 3 is 3.00 bits per heavy atom. The Balaban J connectivity index is 2.26. The molecule has 0 unspecified atom stereocenters.